The molecule has 0 aliphatic heterocycles. The van der Waals surface area contributed by atoms with E-state index in [0.29, 0.717) is 12.6 Å². The highest BCUT2D eigenvalue weighted by molar-refractivity contribution is 5.25. The maximum absolute atomic E-state index is 9.96. The fraction of sp³-hybridized carbons (Fsp3) is 0.647. The quantitative estimate of drug-likeness (QED) is 0.647. The Morgan fingerprint density at radius 1 is 1.20 bits per heavy atom. The molecule has 1 atom stereocenters. The van der Waals surface area contributed by atoms with Crippen molar-refractivity contribution in [3.05, 3.63) is 35.9 Å². The van der Waals surface area contributed by atoms with Crippen LogP contribution in [-0.4, -0.2) is 31.0 Å². The molecule has 1 aromatic rings. The van der Waals surface area contributed by atoms with Gasteiger partial charge in [-0.15, -0.1) is 0 Å². The van der Waals surface area contributed by atoms with Crippen LogP contribution in [0.3, 0.4) is 0 Å². The van der Waals surface area contributed by atoms with Crippen molar-refractivity contribution in [2.24, 2.45) is 0 Å². The van der Waals surface area contributed by atoms with E-state index < -0.39 is 5.54 Å². The first kappa shape index (κ1) is 17.2. The number of nitrogens with one attached hydrogen (secondary N) is 1. The van der Waals surface area contributed by atoms with Gasteiger partial charge in [0.05, 0.1) is 12.1 Å². The SMILES string of the molecule is CCCCOCCC(CO)(NC(C)C)c1ccccc1. The Balaban J connectivity index is 2.73. The van der Waals surface area contributed by atoms with E-state index in [1.165, 1.54) is 0 Å². The number of aliphatic hydroxyl groups excluding tert-OH is 1. The fourth-order valence-corrected chi connectivity index (χ4v) is 2.42. The van der Waals surface area contributed by atoms with Gasteiger partial charge in [0.15, 0.2) is 0 Å². The molecule has 0 aliphatic carbocycles. The van der Waals surface area contributed by atoms with E-state index in [1.54, 1.807) is 0 Å². The van der Waals surface area contributed by atoms with Crippen LogP contribution in [0.15, 0.2) is 30.3 Å². The molecule has 0 spiro atoms. The molecule has 0 saturated carbocycles. The van der Waals surface area contributed by atoms with Gasteiger partial charge in [-0.2, -0.15) is 0 Å². The molecule has 0 fully saturated rings. The summed E-state index contributed by atoms with van der Waals surface area (Å²) in [5.74, 6) is 0. The molecule has 2 N–H and O–H groups in total. The van der Waals surface area contributed by atoms with Gasteiger partial charge >= 0.3 is 0 Å². The zero-order valence-corrected chi connectivity index (χ0v) is 13.1. The van der Waals surface area contributed by atoms with Crippen LogP contribution in [0.5, 0.6) is 0 Å². The number of rotatable bonds is 10. The Morgan fingerprint density at radius 2 is 1.90 bits per heavy atom. The summed E-state index contributed by atoms with van der Waals surface area (Å²) in [4.78, 5) is 0. The first-order chi connectivity index (χ1) is 9.64. The van der Waals surface area contributed by atoms with Gasteiger partial charge in [0.25, 0.3) is 0 Å². The summed E-state index contributed by atoms with van der Waals surface area (Å²) < 4.78 is 5.68. The molecular formula is C17H29NO2. The smallest absolute Gasteiger partial charge is 0.0693 e. The molecule has 1 rings (SSSR count). The van der Waals surface area contributed by atoms with Crippen LogP contribution in [0.2, 0.25) is 0 Å². The molecule has 0 bridgehead atoms. The summed E-state index contributed by atoms with van der Waals surface area (Å²) in [6.07, 6.45) is 3.01. The molecular weight excluding hydrogens is 250 g/mol. The molecule has 0 saturated heterocycles. The minimum absolute atomic E-state index is 0.0757. The summed E-state index contributed by atoms with van der Waals surface area (Å²) >= 11 is 0. The van der Waals surface area contributed by atoms with E-state index in [-0.39, 0.29) is 6.61 Å². The second kappa shape index (κ2) is 9.11. The third-order valence-electron chi connectivity index (χ3n) is 3.48. The van der Waals surface area contributed by atoms with Crippen molar-refractivity contribution in [1.82, 2.24) is 5.32 Å². The van der Waals surface area contributed by atoms with Gasteiger partial charge in [0, 0.05) is 19.3 Å². The van der Waals surface area contributed by atoms with Gasteiger partial charge in [0.2, 0.25) is 0 Å². The van der Waals surface area contributed by atoms with Crippen LogP contribution in [0.1, 0.15) is 45.6 Å². The van der Waals surface area contributed by atoms with Crippen molar-refractivity contribution in [1.29, 1.82) is 0 Å². The van der Waals surface area contributed by atoms with Crippen LogP contribution < -0.4 is 5.32 Å². The highest BCUT2D eigenvalue weighted by Crippen LogP contribution is 2.25. The Kier molecular flexibility index (Phi) is 7.82. The third-order valence-corrected chi connectivity index (χ3v) is 3.48. The summed E-state index contributed by atoms with van der Waals surface area (Å²) in [5.41, 5.74) is 0.706. The number of aliphatic hydroxyl groups is 1. The first-order valence-electron chi connectivity index (χ1n) is 7.66. The topological polar surface area (TPSA) is 41.5 Å². The lowest BCUT2D eigenvalue weighted by Gasteiger charge is -2.35. The summed E-state index contributed by atoms with van der Waals surface area (Å²) in [7, 11) is 0. The standard InChI is InChI=1S/C17H29NO2/c1-4-5-12-20-13-11-17(14-19,18-15(2)3)16-9-7-6-8-10-16/h6-10,15,18-19H,4-5,11-14H2,1-3H3. The van der Waals surface area contributed by atoms with Gasteiger partial charge in [-0.3, -0.25) is 0 Å². The van der Waals surface area contributed by atoms with Crippen LogP contribution in [-0.2, 0) is 10.3 Å². The molecule has 0 radical (unpaired) electrons. The van der Waals surface area contributed by atoms with Crippen molar-refractivity contribution in [3.8, 4) is 0 Å². The molecule has 0 aromatic heterocycles. The average molecular weight is 279 g/mol. The van der Waals surface area contributed by atoms with Gasteiger partial charge < -0.3 is 15.2 Å². The Morgan fingerprint density at radius 3 is 2.45 bits per heavy atom. The fourth-order valence-electron chi connectivity index (χ4n) is 2.42. The molecule has 3 nitrogen and oxygen atoms in total. The molecule has 0 heterocycles. The predicted molar refractivity (Wildman–Crippen MR) is 83.8 cm³/mol. The van der Waals surface area contributed by atoms with Gasteiger partial charge in [-0.25, -0.2) is 0 Å². The van der Waals surface area contributed by atoms with Gasteiger partial charge in [-0.1, -0.05) is 43.7 Å². The minimum Gasteiger partial charge on any atom is -0.394 e. The Hall–Kier alpha value is -0.900. The van der Waals surface area contributed by atoms with E-state index >= 15 is 0 Å². The second-order valence-electron chi connectivity index (χ2n) is 5.62. The van der Waals surface area contributed by atoms with E-state index in [1.807, 2.05) is 18.2 Å². The molecule has 1 unspecified atom stereocenters. The Labute approximate surface area is 123 Å². The predicted octanol–water partition coefficient (Wildman–Crippen LogP) is 3.08. The van der Waals surface area contributed by atoms with Crippen LogP contribution >= 0.6 is 0 Å². The normalized spacial score (nSPS) is 14.4. The van der Waals surface area contributed by atoms with Crippen LogP contribution in [0.4, 0.5) is 0 Å². The van der Waals surface area contributed by atoms with E-state index in [4.69, 9.17) is 4.74 Å². The zero-order chi connectivity index (χ0) is 14.8. The first-order valence-corrected chi connectivity index (χ1v) is 7.66. The number of hydrogen-bond acceptors (Lipinski definition) is 3. The average Bonchev–Trinajstić information content (AvgIpc) is 2.46. The molecule has 0 aliphatic rings. The summed E-state index contributed by atoms with van der Waals surface area (Å²) in [6.45, 7) is 7.90. The van der Waals surface area contributed by atoms with Crippen LogP contribution in [0.25, 0.3) is 0 Å². The largest absolute Gasteiger partial charge is 0.394 e. The number of ether oxygens (including phenoxy) is 1. The monoisotopic (exact) mass is 279 g/mol. The number of unbranched alkanes of at least 4 members (excludes halogenated alkanes) is 1. The van der Waals surface area contributed by atoms with E-state index in [0.717, 1.165) is 31.4 Å². The van der Waals surface area contributed by atoms with Crippen LogP contribution in [0, 0.1) is 0 Å². The molecule has 3 heteroatoms. The van der Waals surface area contributed by atoms with Gasteiger partial charge in [0.1, 0.15) is 0 Å². The highest BCUT2D eigenvalue weighted by atomic mass is 16.5. The molecule has 114 valence electrons. The highest BCUT2D eigenvalue weighted by Gasteiger charge is 2.31. The second-order valence-corrected chi connectivity index (χ2v) is 5.62. The maximum Gasteiger partial charge on any atom is 0.0693 e. The lowest BCUT2D eigenvalue weighted by atomic mass is 9.87. The van der Waals surface area contributed by atoms with Crippen molar-refractivity contribution in [2.45, 2.75) is 51.6 Å². The molecule has 0 amide bonds. The number of benzene rings is 1. The third kappa shape index (κ3) is 5.23. The summed E-state index contributed by atoms with van der Waals surface area (Å²) in [6, 6.07) is 10.5. The van der Waals surface area contributed by atoms with Gasteiger partial charge in [-0.05, 0) is 32.3 Å². The lowest BCUT2D eigenvalue weighted by molar-refractivity contribution is 0.0734. The molecule has 1 aromatic carbocycles. The lowest BCUT2D eigenvalue weighted by Crippen LogP contribution is -2.49. The summed E-state index contributed by atoms with van der Waals surface area (Å²) in [5, 5.41) is 13.5. The minimum atomic E-state index is -0.415. The van der Waals surface area contributed by atoms with Crippen molar-refractivity contribution >= 4 is 0 Å². The molecule has 20 heavy (non-hydrogen) atoms. The van der Waals surface area contributed by atoms with Crippen molar-refractivity contribution in [2.75, 3.05) is 19.8 Å². The zero-order valence-electron chi connectivity index (χ0n) is 13.1. The Bertz CT molecular complexity index is 353. The maximum atomic E-state index is 9.96. The van der Waals surface area contributed by atoms with Crippen molar-refractivity contribution < 1.29 is 9.84 Å². The van der Waals surface area contributed by atoms with E-state index in [9.17, 15) is 5.11 Å². The van der Waals surface area contributed by atoms with Crippen molar-refractivity contribution in [3.63, 3.8) is 0 Å². The van der Waals surface area contributed by atoms with E-state index in [2.05, 4.69) is 38.2 Å². The number of hydrogen-bond donors (Lipinski definition) is 2.